The molecule has 0 saturated carbocycles. The van der Waals surface area contributed by atoms with E-state index >= 15 is 0 Å². The summed E-state index contributed by atoms with van der Waals surface area (Å²) in [7, 11) is 0. The molecule has 0 amide bonds. The van der Waals surface area contributed by atoms with Crippen LogP contribution in [0.25, 0.3) is 17.0 Å². The first-order valence-corrected chi connectivity index (χ1v) is 7.87. The maximum atomic E-state index is 11.7. The second-order valence-electron chi connectivity index (χ2n) is 5.91. The Hall–Kier alpha value is -2.60. The number of H-pyrrole nitrogens is 1. The van der Waals surface area contributed by atoms with Gasteiger partial charge in [-0.1, -0.05) is 24.1 Å². The minimum absolute atomic E-state index is 0.130. The summed E-state index contributed by atoms with van der Waals surface area (Å²) < 4.78 is 0. The van der Waals surface area contributed by atoms with Crippen LogP contribution < -0.4 is 5.73 Å². The number of hydrogen-bond donors (Lipinski definition) is 3. The van der Waals surface area contributed by atoms with E-state index in [1.807, 2.05) is 19.9 Å². The molecule has 0 fully saturated rings. The molecule has 124 valence electrons. The first-order chi connectivity index (χ1) is 11.4. The number of anilines is 1. The number of nitrogens with two attached hydrogens (primary N) is 1. The number of allylic oxidation sites excluding steroid dienone is 4. The van der Waals surface area contributed by atoms with Crippen LogP contribution in [0.2, 0.25) is 0 Å². The van der Waals surface area contributed by atoms with Crippen molar-refractivity contribution in [3.05, 3.63) is 46.3 Å². The molecule has 0 saturated heterocycles. The van der Waals surface area contributed by atoms with Gasteiger partial charge in [0, 0.05) is 11.2 Å². The van der Waals surface area contributed by atoms with Gasteiger partial charge in [0.25, 0.3) is 0 Å². The molecule has 0 bridgehead atoms. The molecule has 1 aliphatic carbocycles. The van der Waals surface area contributed by atoms with Crippen molar-refractivity contribution < 1.29 is 9.90 Å². The van der Waals surface area contributed by atoms with Gasteiger partial charge in [0.15, 0.2) is 0 Å². The molecule has 3 rings (SSSR count). The molecule has 1 atom stereocenters. The number of carboxylic acids is 1. The summed E-state index contributed by atoms with van der Waals surface area (Å²) in [6.45, 7) is 4.03. The van der Waals surface area contributed by atoms with Crippen LogP contribution in [0.1, 0.15) is 36.3 Å². The van der Waals surface area contributed by atoms with E-state index in [9.17, 15) is 9.90 Å². The number of rotatable bonds is 3. The number of aromatic nitrogens is 3. The molecular formula is C17H17ClN4O2. The Bertz CT molecular complexity index is 882. The summed E-state index contributed by atoms with van der Waals surface area (Å²) in [4.78, 5) is 22.8. The molecular weight excluding hydrogens is 328 g/mol. The average molecular weight is 345 g/mol. The van der Waals surface area contributed by atoms with Gasteiger partial charge < -0.3 is 15.8 Å². The highest BCUT2D eigenvalue weighted by atomic mass is 35.5. The van der Waals surface area contributed by atoms with Gasteiger partial charge in [-0.2, -0.15) is 0 Å². The molecule has 2 aromatic heterocycles. The molecule has 2 aromatic rings. The summed E-state index contributed by atoms with van der Waals surface area (Å²) in [5.74, 6) is -0.650. The van der Waals surface area contributed by atoms with Crippen molar-refractivity contribution in [3.8, 4) is 11.4 Å². The second-order valence-corrected chi connectivity index (χ2v) is 6.34. The first kappa shape index (κ1) is 16.3. The van der Waals surface area contributed by atoms with Crippen LogP contribution in [0.4, 0.5) is 5.95 Å². The minimum Gasteiger partial charge on any atom is -0.478 e. The Morgan fingerprint density at radius 3 is 2.92 bits per heavy atom. The maximum absolute atomic E-state index is 11.7. The number of halogens is 1. The van der Waals surface area contributed by atoms with Gasteiger partial charge >= 0.3 is 5.97 Å². The highest BCUT2D eigenvalue weighted by Gasteiger charge is 2.23. The molecule has 4 N–H and O–H groups in total. The van der Waals surface area contributed by atoms with Gasteiger partial charge in [-0.15, -0.1) is 0 Å². The summed E-state index contributed by atoms with van der Waals surface area (Å²) in [6.07, 6.45) is 4.15. The molecule has 1 aliphatic rings. The fourth-order valence-electron chi connectivity index (χ4n) is 2.85. The Morgan fingerprint density at radius 2 is 2.25 bits per heavy atom. The van der Waals surface area contributed by atoms with E-state index in [0.29, 0.717) is 17.1 Å². The number of aromatic amines is 1. The molecule has 2 heterocycles. The van der Waals surface area contributed by atoms with Gasteiger partial charge in [0.2, 0.25) is 5.95 Å². The number of carbonyl (C=O) groups is 1. The topological polar surface area (TPSA) is 105 Å². The fourth-order valence-corrected chi connectivity index (χ4v) is 3.04. The molecule has 0 aliphatic heterocycles. The predicted molar refractivity (Wildman–Crippen MR) is 93.5 cm³/mol. The summed E-state index contributed by atoms with van der Waals surface area (Å²) >= 11 is 6.28. The van der Waals surface area contributed by atoms with Crippen molar-refractivity contribution in [2.45, 2.75) is 20.3 Å². The third kappa shape index (κ3) is 2.92. The number of nitrogens with one attached hydrogen (secondary N) is 1. The zero-order valence-corrected chi connectivity index (χ0v) is 14.1. The lowest BCUT2D eigenvalue weighted by Gasteiger charge is -2.20. The van der Waals surface area contributed by atoms with Crippen molar-refractivity contribution >= 4 is 29.1 Å². The van der Waals surface area contributed by atoms with Crippen molar-refractivity contribution in [1.29, 1.82) is 0 Å². The Balaban J connectivity index is 2.15. The molecule has 0 spiro atoms. The third-order valence-electron chi connectivity index (χ3n) is 4.09. The standard InChI is InChI=1S/C17H17ClN4O2/c1-8-5-9(2)12(18)6-10(8)15-11(16(23)24)7-14(21-15)13-3-4-20-17(19)22-13/h3-4,6-7,9,21H,5H2,1-2H3,(H,23,24)(H2,19,20,22). The van der Waals surface area contributed by atoms with Crippen molar-refractivity contribution in [2.24, 2.45) is 5.92 Å². The lowest BCUT2D eigenvalue weighted by molar-refractivity contribution is 0.0697. The predicted octanol–water partition coefficient (Wildman–Crippen LogP) is 3.69. The van der Waals surface area contributed by atoms with Crippen LogP contribution in [0, 0.1) is 5.92 Å². The quantitative estimate of drug-likeness (QED) is 0.787. The zero-order chi connectivity index (χ0) is 17.4. The monoisotopic (exact) mass is 344 g/mol. The van der Waals surface area contributed by atoms with Crippen LogP contribution in [0.5, 0.6) is 0 Å². The van der Waals surface area contributed by atoms with Gasteiger partial charge in [-0.3, -0.25) is 0 Å². The molecule has 24 heavy (non-hydrogen) atoms. The smallest absolute Gasteiger partial charge is 0.337 e. The van der Waals surface area contributed by atoms with Crippen LogP contribution >= 0.6 is 11.6 Å². The lowest BCUT2D eigenvalue weighted by atomic mass is 9.89. The average Bonchev–Trinajstić information content (AvgIpc) is 2.96. The number of hydrogen-bond acceptors (Lipinski definition) is 4. The molecule has 6 nitrogen and oxygen atoms in total. The summed E-state index contributed by atoms with van der Waals surface area (Å²) in [5.41, 5.74) is 9.31. The Labute approximate surface area is 144 Å². The lowest BCUT2D eigenvalue weighted by Crippen LogP contribution is -2.06. The first-order valence-electron chi connectivity index (χ1n) is 7.49. The van der Waals surface area contributed by atoms with Gasteiger partial charge in [0.1, 0.15) is 0 Å². The van der Waals surface area contributed by atoms with Crippen LogP contribution in [-0.2, 0) is 0 Å². The van der Waals surface area contributed by atoms with E-state index in [1.165, 1.54) is 6.20 Å². The zero-order valence-electron chi connectivity index (χ0n) is 13.3. The third-order valence-corrected chi connectivity index (χ3v) is 4.57. The molecule has 7 heteroatoms. The highest BCUT2D eigenvalue weighted by molar-refractivity contribution is 6.30. The number of aromatic carboxylic acids is 1. The normalized spacial score (nSPS) is 17.8. The van der Waals surface area contributed by atoms with Crippen LogP contribution in [0.15, 0.2) is 35.0 Å². The van der Waals surface area contributed by atoms with Crippen molar-refractivity contribution in [2.75, 3.05) is 5.73 Å². The number of nitrogen functional groups attached to an aromatic ring is 1. The second kappa shape index (κ2) is 6.13. The molecule has 0 aromatic carbocycles. The largest absolute Gasteiger partial charge is 0.478 e. The van der Waals surface area contributed by atoms with E-state index in [-0.39, 0.29) is 17.4 Å². The number of nitrogens with zero attached hydrogens (tertiary/aromatic N) is 2. The summed E-state index contributed by atoms with van der Waals surface area (Å²) in [6, 6.07) is 3.23. The van der Waals surface area contributed by atoms with E-state index in [2.05, 4.69) is 15.0 Å². The Morgan fingerprint density at radius 1 is 1.50 bits per heavy atom. The van der Waals surface area contributed by atoms with E-state index < -0.39 is 5.97 Å². The fraction of sp³-hybridized carbons (Fsp3) is 0.235. The molecule has 1 unspecified atom stereocenters. The van der Waals surface area contributed by atoms with Crippen LogP contribution in [0.3, 0.4) is 0 Å². The van der Waals surface area contributed by atoms with Gasteiger partial charge in [0.05, 0.1) is 22.6 Å². The SMILES string of the molecule is CC1=C(c2[nH]c(-c3ccnc(N)n3)cc2C(=O)O)C=C(Cl)C(C)C1. The Kier molecular flexibility index (Phi) is 4.15. The number of carboxylic acid groups (broad SMARTS) is 1. The van der Waals surface area contributed by atoms with Crippen molar-refractivity contribution in [1.82, 2.24) is 15.0 Å². The van der Waals surface area contributed by atoms with E-state index in [0.717, 1.165) is 22.6 Å². The summed E-state index contributed by atoms with van der Waals surface area (Å²) in [5, 5.41) is 10.3. The maximum Gasteiger partial charge on any atom is 0.337 e. The van der Waals surface area contributed by atoms with E-state index in [4.69, 9.17) is 17.3 Å². The van der Waals surface area contributed by atoms with Crippen molar-refractivity contribution in [3.63, 3.8) is 0 Å². The van der Waals surface area contributed by atoms with Gasteiger partial charge in [-0.25, -0.2) is 14.8 Å². The highest BCUT2D eigenvalue weighted by Crippen LogP contribution is 2.37. The van der Waals surface area contributed by atoms with Gasteiger partial charge in [-0.05, 0) is 43.0 Å². The van der Waals surface area contributed by atoms with Crippen LogP contribution in [-0.4, -0.2) is 26.0 Å². The minimum atomic E-state index is -1.02. The van der Waals surface area contributed by atoms with E-state index in [1.54, 1.807) is 12.1 Å². The molecule has 0 radical (unpaired) electrons.